The third-order valence-electron chi connectivity index (χ3n) is 2.60. The smallest absolute Gasteiger partial charge is 0.288 e. The summed E-state index contributed by atoms with van der Waals surface area (Å²) >= 11 is 5.77. The van der Waals surface area contributed by atoms with Crippen molar-refractivity contribution >= 4 is 23.2 Å². The Morgan fingerprint density at radius 1 is 1.52 bits per heavy atom. The molecule has 2 aromatic heterocycles. The van der Waals surface area contributed by atoms with Gasteiger partial charge in [0.2, 0.25) is 0 Å². The molecule has 0 atom stereocenters. The number of pyridine rings is 1. The van der Waals surface area contributed by atoms with E-state index in [2.05, 4.69) is 20.6 Å². The molecule has 21 heavy (non-hydrogen) atoms. The predicted molar refractivity (Wildman–Crippen MR) is 72.9 cm³/mol. The van der Waals surface area contributed by atoms with Gasteiger partial charge in [0.15, 0.2) is 0 Å². The number of nitro groups is 1. The van der Waals surface area contributed by atoms with Crippen LogP contribution in [0.25, 0.3) is 0 Å². The number of aryl methyl sites for hydroxylation is 1. The van der Waals surface area contributed by atoms with Crippen molar-refractivity contribution in [2.45, 2.75) is 13.0 Å². The first-order valence-electron chi connectivity index (χ1n) is 6.00. The Bertz CT molecular complexity index is 645. The van der Waals surface area contributed by atoms with Gasteiger partial charge in [-0.3, -0.25) is 19.6 Å². The van der Waals surface area contributed by atoms with E-state index in [-0.39, 0.29) is 16.4 Å². The Morgan fingerprint density at radius 3 is 3.00 bits per heavy atom. The molecule has 110 valence electrons. The molecular formula is C11H11ClN6O3. The standard InChI is InChI=1S/C11H11ClN6O3/c12-10-9(6-8(7-14-10)18(20)21)11(19)13-2-1-4-17-5-3-15-16-17/h3,5-7H,1-2,4H2,(H,13,19). The van der Waals surface area contributed by atoms with E-state index in [1.165, 1.54) is 0 Å². The summed E-state index contributed by atoms with van der Waals surface area (Å²) in [6.45, 7) is 0.971. The van der Waals surface area contributed by atoms with Crippen LogP contribution in [-0.4, -0.2) is 37.4 Å². The molecule has 2 heterocycles. The number of hydrogen-bond acceptors (Lipinski definition) is 6. The summed E-state index contributed by atoms with van der Waals surface area (Å²) in [5, 5.41) is 20.6. The second-order valence-corrected chi connectivity index (χ2v) is 4.42. The Labute approximate surface area is 124 Å². The molecule has 0 aromatic carbocycles. The predicted octanol–water partition coefficient (Wildman–Crippen LogP) is 1.05. The summed E-state index contributed by atoms with van der Waals surface area (Å²) in [7, 11) is 0. The highest BCUT2D eigenvalue weighted by atomic mass is 35.5. The van der Waals surface area contributed by atoms with Gasteiger partial charge in [0.1, 0.15) is 11.3 Å². The van der Waals surface area contributed by atoms with E-state index >= 15 is 0 Å². The van der Waals surface area contributed by atoms with Gasteiger partial charge in [-0.2, -0.15) is 0 Å². The maximum absolute atomic E-state index is 11.9. The lowest BCUT2D eigenvalue weighted by Gasteiger charge is -2.06. The molecule has 2 rings (SSSR count). The molecule has 0 unspecified atom stereocenters. The number of rotatable bonds is 6. The van der Waals surface area contributed by atoms with Gasteiger partial charge < -0.3 is 5.32 Å². The number of carbonyl (C=O) groups excluding carboxylic acids is 1. The number of amides is 1. The number of nitrogens with one attached hydrogen (secondary N) is 1. The molecule has 0 fully saturated rings. The Hall–Kier alpha value is -2.55. The monoisotopic (exact) mass is 310 g/mol. The van der Waals surface area contributed by atoms with Crippen molar-refractivity contribution in [1.29, 1.82) is 0 Å². The van der Waals surface area contributed by atoms with Gasteiger partial charge in [0.25, 0.3) is 11.6 Å². The molecule has 0 aliphatic rings. The highest BCUT2D eigenvalue weighted by Crippen LogP contribution is 2.18. The minimum Gasteiger partial charge on any atom is -0.352 e. The minimum atomic E-state index is -0.634. The number of hydrogen-bond donors (Lipinski definition) is 1. The van der Waals surface area contributed by atoms with Crippen molar-refractivity contribution in [1.82, 2.24) is 25.3 Å². The van der Waals surface area contributed by atoms with Crippen molar-refractivity contribution in [2.75, 3.05) is 6.54 Å². The lowest BCUT2D eigenvalue weighted by molar-refractivity contribution is -0.385. The van der Waals surface area contributed by atoms with Crippen LogP contribution in [0.15, 0.2) is 24.7 Å². The summed E-state index contributed by atoms with van der Waals surface area (Å²) < 4.78 is 1.63. The zero-order chi connectivity index (χ0) is 15.2. The van der Waals surface area contributed by atoms with Crippen molar-refractivity contribution in [3.8, 4) is 0 Å². The van der Waals surface area contributed by atoms with E-state index in [0.29, 0.717) is 19.5 Å². The molecule has 2 aromatic rings. The van der Waals surface area contributed by atoms with E-state index in [1.807, 2.05) is 0 Å². The van der Waals surface area contributed by atoms with Gasteiger partial charge in [-0.25, -0.2) is 4.98 Å². The quantitative estimate of drug-likeness (QED) is 0.369. The second-order valence-electron chi connectivity index (χ2n) is 4.06. The molecule has 0 aliphatic heterocycles. The molecule has 0 saturated carbocycles. The SMILES string of the molecule is O=C(NCCCn1ccnn1)c1cc([N+](=O)[O-])cnc1Cl. The zero-order valence-corrected chi connectivity index (χ0v) is 11.5. The van der Waals surface area contributed by atoms with Gasteiger partial charge >= 0.3 is 0 Å². The summed E-state index contributed by atoms with van der Waals surface area (Å²) in [4.78, 5) is 25.6. The van der Waals surface area contributed by atoms with Crippen molar-refractivity contribution < 1.29 is 9.72 Å². The number of halogens is 1. The molecule has 9 nitrogen and oxygen atoms in total. The van der Waals surface area contributed by atoms with Crippen LogP contribution in [0.4, 0.5) is 5.69 Å². The second kappa shape index (κ2) is 6.75. The van der Waals surface area contributed by atoms with Crippen LogP contribution < -0.4 is 5.32 Å². The van der Waals surface area contributed by atoms with Crippen LogP contribution in [0, 0.1) is 10.1 Å². The Morgan fingerprint density at radius 2 is 2.33 bits per heavy atom. The van der Waals surface area contributed by atoms with E-state index in [0.717, 1.165) is 12.3 Å². The first-order valence-corrected chi connectivity index (χ1v) is 6.38. The van der Waals surface area contributed by atoms with Gasteiger partial charge in [0.05, 0.1) is 16.7 Å². The maximum Gasteiger partial charge on any atom is 0.288 e. The molecule has 0 spiro atoms. The highest BCUT2D eigenvalue weighted by molar-refractivity contribution is 6.32. The lowest BCUT2D eigenvalue weighted by atomic mass is 10.2. The van der Waals surface area contributed by atoms with Crippen LogP contribution in [0.1, 0.15) is 16.8 Å². The molecule has 0 bridgehead atoms. The highest BCUT2D eigenvalue weighted by Gasteiger charge is 2.16. The van der Waals surface area contributed by atoms with E-state index < -0.39 is 10.8 Å². The first-order chi connectivity index (χ1) is 10.1. The number of aromatic nitrogens is 4. The fourth-order valence-electron chi connectivity index (χ4n) is 1.59. The summed E-state index contributed by atoms with van der Waals surface area (Å²) in [6, 6.07) is 1.10. The van der Waals surface area contributed by atoms with Gasteiger partial charge in [-0.05, 0) is 6.42 Å². The van der Waals surface area contributed by atoms with Crippen molar-refractivity contribution in [3.63, 3.8) is 0 Å². The van der Waals surface area contributed by atoms with Crippen LogP contribution in [0.2, 0.25) is 5.15 Å². The fraction of sp³-hybridized carbons (Fsp3) is 0.273. The van der Waals surface area contributed by atoms with Gasteiger partial charge in [0, 0.05) is 25.4 Å². The van der Waals surface area contributed by atoms with Crippen molar-refractivity contribution in [3.05, 3.63) is 45.5 Å². The molecule has 1 amide bonds. The van der Waals surface area contributed by atoms with Crippen LogP contribution in [0.5, 0.6) is 0 Å². The molecule has 0 radical (unpaired) electrons. The molecule has 0 saturated heterocycles. The summed E-state index contributed by atoms with van der Waals surface area (Å²) in [6.07, 6.45) is 4.91. The molecule has 1 N–H and O–H groups in total. The molecule has 0 aliphatic carbocycles. The van der Waals surface area contributed by atoms with E-state index in [1.54, 1.807) is 17.1 Å². The molecular weight excluding hydrogens is 300 g/mol. The number of carbonyl (C=O) groups is 1. The normalized spacial score (nSPS) is 10.3. The average Bonchev–Trinajstić information content (AvgIpc) is 2.96. The van der Waals surface area contributed by atoms with E-state index in [4.69, 9.17) is 11.6 Å². The van der Waals surface area contributed by atoms with E-state index in [9.17, 15) is 14.9 Å². The zero-order valence-electron chi connectivity index (χ0n) is 10.8. The fourth-order valence-corrected chi connectivity index (χ4v) is 1.78. The first kappa shape index (κ1) is 14.9. The van der Waals surface area contributed by atoms with Crippen LogP contribution in [-0.2, 0) is 6.54 Å². The van der Waals surface area contributed by atoms with Gasteiger partial charge in [-0.1, -0.05) is 16.8 Å². The van der Waals surface area contributed by atoms with Crippen LogP contribution >= 0.6 is 11.6 Å². The molecule has 10 heteroatoms. The minimum absolute atomic E-state index is 0.0216. The Kier molecular flexibility index (Phi) is 4.77. The lowest BCUT2D eigenvalue weighted by Crippen LogP contribution is -2.26. The van der Waals surface area contributed by atoms with Crippen LogP contribution in [0.3, 0.4) is 0 Å². The largest absolute Gasteiger partial charge is 0.352 e. The topological polar surface area (TPSA) is 116 Å². The van der Waals surface area contributed by atoms with Crippen molar-refractivity contribution in [2.24, 2.45) is 0 Å². The third kappa shape index (κ3) is 3.96. The number of nitrogens with zero attached hydrogens (tertiary/aromatic N) is 5. The summed E-state index contributed by atoms with van der Waals surface area (Å²) in [5.74, 6) is -0.505. The Balaban J connectivity index is 1.90. The third-order valence-corrected chi connectivity index (χ3v) is 2.90. The van der Waals surface area contributed by atoms with Gasteiger partial charge in [-0.15, -0.1) is 5.10 Å². The average molecular weight is 311 g/mol. The maximum atomic E-state index is 11.9. The summed E-state index contributed by atoms with van der Waals surface area (Å²) in [5.41, 5.74) is -0.307.